The van der Waals surface area contributed by atoms with Crippen molar-refractivity contribution < 1.29 is 19.0 Å². The molecule has 0 saturated carbocycles. The molecule has 0 aromatic heterocycles. The summed E-state index contributed by atoms with van der Waals surface area (Å²) < 4.78 is 17.2. The summed E-state index contributed by atoms with van der Waals surface area (Å²) >= 11 is 9.61. The van der Waals surface area contributed by atoms with E-state index in [9.17, 15) is 10.1 Å². The highest BCUT2D eigenvalue weighted by Crippen LogP contribution is 2.36. The van der Waals surface area contributed by atoms with Gasteiger partial charge in [0.05, 0.1) is 19.2 Å². The lowest BCUT2D eigenvalue weighted by molar-refractivity contribution is -0.112. The van der Waals surface area contributed by atoms with Crippen molar-refractivity contribution in [2.45, 2.75) is 6.61 Å². The van der Waals surface area contributed by atoms with Crippen molar-refractivity contribution in [2.24, 2.45) is 0 Å². The van der Waals surface area contributed by atoms with E-state index in [1.54, 1.807) is 36.4 Å². The van der Waals surface area contributed by atoms with Gasteiger partial charge in [-0.15, -0.1) is 0 Å². The van der Waals surface area contributed by atoms with Crippen molar-refractivity contribution >= 4 is 45.2 Å². The summed E-state index contributed by atoms with van der Waals surface area (Å²) in [6, 6.07) is 19.9. The Morgan fingerprint density at radius 1 is 1.09 bits per heavy atom. The number of carbonyl (C=O) groups excluding carboxylic acids is 1. The first-order chi connectivity index (χ1) is 15.9. The van der Waals surface area contributed by atoms with Crippen LogP contribution in [0.4, 0.5) is 5.69 Å². The van der Waals surface area contributed by atoms with E-state index in [4.69, 9.17) is 25.8 Å². The van der Waals surface area contributed by atoms with Gasteiger partial charge < -0.3 is 19.5 Å². The molecule has 1 amide bonds. The van der Waals surface area contributed by atoms with Gasteiger partial charge in [-0.05, 0) is 65.7 Å². The van der Waals surface area contributed by atoms with Gasteiger partial charge in [0, 0.05) is 10.2 Å². The van der Waals surface area contributed by atoms with Gasteiger partial charge in [-0.25, -0.2) is 0 Å². The molecule has 0 aliphatic heterocycles. The number of benzene rings is 3. The van der Waals surface area contributed by atoms with E-state index < -0.39 is 5.91 Å². The van der Waals surface area contributed by atoms with E-state index in [0.717, 1.165) is 10.0 Å². The highest BCUT2D eigenvalue weighted by molar-refractivity contribution is 9.10. The maximum atomic E-state index is 12.6. The van der Waals surface area contributed by atoms with Crippen LogP contribution in [0.5, 0.6) is 17.2 Å². The Balaban J connectivity index is 1.67. The van der Waals surface area contributed by atoms with E-state index in [-0.39, 0.29) is 5.57 Å². The Morgan fingerprint density at radius 3 is 2.39 bits per heavy atom. The third-order valence-electron chi connectivity index (χ3n) is 4.56. The molecule has 3 rings (SSSR count). The van der Waals surface area contributed by atoms with Gasteiger partial charge in [-0.3, -0.25) is 4.79 Å². The van der Waals surface area contributed by atoms with E-state index in [1.165, 1.54) is 20.3 Å². The van der Waals surface area contributed by atoms with Crippen molar-refractivity contribution in [1.82, 2.24) is 0 Å². The molecule has 0 aliphatic carbocycles. The first kappa shape index (κ1) is 24.2. The number of rotatable bonds is 8. The summed E-state index contributed by atoms with van der Waals surface area (Å²) in [5, 5.41) is 12.5. The van der Waals surface area contributed by atoms with Crippen molar-refractivity contribution in [1.29, 1.82) is 5.26 Å². The Hall–Kier alpha value is -3.47. The molecule has 33 heavy (non-hydrogen) atoms. The summed E-state index contributed by atoms with van der Waals surface area (Å²) in [6.07, 6.45) is 1.43. The first-order valence-corrected chi connectivity index (χ1v) is 10.9. The summed E-state index contributed by atoms with van der Waals surface area (Å²) in [4.78, 5) is 12.6. The predicted octanol–water partition coefficient (Wildman–Crippen LogP) is 6.24. The molecular formula is C25H20BrClN2O4. The van der Waals surface area contributed by atoms with Crippen LogP contribution in [-0.4, -0.2) is 20.1 Å². The topological polar surface area (TPSA) is 80.6 Å². The van der Waals surface area contributed by atoms with Gasteiger partial charge in [-0.1, -0.05) is 39.7 Å². The number of nitriles is 1. The number of methoxy groups -OCH3 is 2. The second-order valence-corrected chi connectivity index (χ2v) is 8.12. The number of hydrogen-bond donors (Lipinski definition) is 1. The zero-order valence-electron chi connectivity index (χ0n) is 17.9. The number of carbonyl (C=O) groups is 1. The van der Waals surface area contributed by atoms with Crippen LogP contribution in [0.15, 0.2) is 70.7 Å². The summed E-state index contributed by atoms with van der Waals surface area (Å²) in [5.74, 6) is 0.883. The SMILES string of the molecule is COc1cc(/C=C(\C#N)C(=O)Nc2ccc(OCc3ccc(Br)cc3)cc2)cc(Cl)c1OC. The van der Waals surface area contributed by atoms with E-state index in [1.807, 2.05) is 30.3 Å². The third kappa shape index (κ3) is 6.51. The largest absolute Gasteiger partial charge is 0.493 e. The van der Waals surface area contributed by atoms with E-state index in [0.29, 0.717) is 40.1 Å². The number of halogens is 2. The lowest BCUT2D eigenvalue weighted by Crippen LogP contribution is -2.13. The van der Waals surface area contributed by atoms with Crippen LogP contribution in [0.3, 0.4) is 0 Å². The maximum absolute atomic E-state index is 12.6. The average molecular weight is 528 g/mol. The molecular weight excluding hydrogens is 508 g/mol. The van der Waals surface area contributed by atoms with Crippen LogP contribution in [0.25, 0.3) is 6.08 Å². The summed E-state index contributed by atoms with van der Waals surface area (Å²) in [5.41, 5.74) is 2.01. The summed E-state index contributed by atoms with van der Waals surface area (Å²) in [7, 11) is 2.95. The molecule has 1 N–H and O–H groups in total. The fourth-order valence-electron chi connectivity index (χ4n) is 2.92. The second-order valence-electron chi connectivity index (χ2n) is 6.80. The van der Waals surface area contributed by atoms with Gasteiger partial charge in [0.25, 0.3) is 5.91 Å². The molecule has 0 saturated heterocycles. The normalized spacial score (nSPS) is 10.8. The number of nitrogens with zero attached hydrogens (tertiary/aromatic N) is 1. The standard InChI is InChI=1S/C25H20BrClN2O4/c1-31-23-13-17(12-22(27)24(23)32-2)11-18(14-28)25(30)29-20-7-9-21(10-8-20)33-15-16-3-5-19(26)6-4-16/h3-13H,15H2,1-2H3,(H,29,30)/b18-11+. The first-order valence-electron chi connectivity index (χ1n) is 9.75. The van der Waals surface area contributed by atoms with Crippen LogP contribution in [0.2, 0.25) is 5.02 Å². The number of amides is 1. The van der Waals surface area contributed by atoms with Crippen LogP contribution in [0.1, 0.15) is 11.1 Å². The average Bonchev–Trinajstić information content (AvgIpc) is 2.82. The molecule has 0 unspecified atom stereocenters. The van der Waals surface area contributed by atoms with E-state index >= 15 is 0 Å². The molecule has 3 aromatic carbocycles. The lowest BCUT2D eigenvalue weighted by atomic mass is 10.1. The lowest BCUT2D eigenvalue weighted by Gasteiger charge is -2.11. The third-order valence-corrected chi connectivity index (χ3v) is 5.37. The molecule has 3 aromatic rings. The fraction of sp³-hybridized carbons (Fsp3) is 0.120. The number of ether oxygens (including phenoxy) is 3. The van der Waals surface area contributed by atoms with Crippen LogP contribution < -0.4 is 19.5 Å². The molecule has 0 heterocycles. The molecule has 0 radical (unpaired) electrons. The summed E-state index contributed by atoms with van der Waals surface area (Å²) in [6.45, 7) is 0.425. The van der Waals surface area contributed by atoms with Crippen molar-refractivity contribution in [3.63, 3.8) is 0 Å². The van der Waals surface area contributed by atoms with Gasteiger partial charge in [0.2, 0.25) is 0 Å². The fourth-order valence-corrected chi connectivity index (χ4v) is 3.48. The highest BCUT2D eigenvalue weighted by Gasteiger charge is 2.13. The Kier molecular flexibility index (Phi) is 8.36. The van der Waals surface area contributed by atoms with Crippen molar-refractivity contribution in [3.8, 4) is 23.3 Å². The van der Waals surface area contributed by atoms with Gasteiger partial charge >= 0.3 is 0 Å². The Bertz CT molecular complexity index is 1200. The highest BCUT2D eigenvalue weighted by atomic mass is 79.9. The van der Waals surface area contributed by atoms with Crippen LogP contribution in [0, 0.1) is 11.3 Å². The van der Waals surface area contributed by atoms with Crippen LogP contribution in [-0.2, 0) is 11.4 Å². The smallest absolute Gasteiger partial charge is 0.266 e. The second kappa shape index (κ2) is 11.4. The minimum Gasteiger partial charge on any atom is -0.493 e. The molecule has 0 bridgehead atoms. The minimum absolute atomic E-state index is 0.0890. The monoisotopic (exact) mass is 526 g/mol. The number of hydrogen-bond acceptors (Lipinski definition) is 5. The van der Waals surface area contributed by atoms with Crippen LogP contribution >= 0.6 is 27.5 Å². The molecule has 168 valence electrons. The predicted molar refractivity (Wildman–Crippen MR) is 132 cm³/mol. The van der Waals surface area contributed by atoms with Gasteiger partial charge in [-0.2, -0.15) is 5.26 Å². The molecule has 0 aliphatic rings. The van der Waals surface area contributed by atoms with E-state index in [2.05, 4.69) is 21.2 Å². The number of anilines is 1. The number of nitrogens with one attached hydrogen (secondary N) is 1. The Morgan fingerprint density at radius 2 is 1.79 bits per heavy atom. The zero-order chi connectivity index (χ0) is 23.8. The zero-order valence-corrected chi connectivity index (χ0v) is 20.2. The maximum Gasteiger partial charge on any atom is 0.266 e. The molecule has 0 spiro atoms. The molecule has 8 heteroatoms. The minimum atomic E-state index is -0.549. The van der Waals surface area contributed by atoms with Crippen molar-refractivity contribution in [2.75, 3.05) is 19.5 Å². The van der Waals surface area contributed by atoms with Gasteiger partial charge in [0.15, 0.2) is 11.5 Å². The van der Waals surface area contributed by atoms with Crippen molar-refractivity contribution in [3.05, 3.63) is 86.9 Å². The molecule has 0 atom stereocenters. The Labute approximate surface area is 205 Å². The van der Waals surface area contributed by atoms with Gasteiger partial charge in [0.1, 0.15) is 24.0 Å². The quantitative estimate of drug-likeness (QED) is 0.277. The molecule has 6 nitrogen and oxygen atoms in total. The molecule has 0 fully saturated rings.